The molecule has 1 saturated heterocycles. The number of likely N-dealkylation sites (tertiary alicyclic amines) is 1. The molecule has 1 saturated carbocycles. The van der Waals surface area contributed by atoms with Crippen molar-refractivity contribution in [2.45, 2.75) is 38.8 Å². The highest BCUT2D eigenvalue weighted by atomic mass is 32.1. The minimum Gasteiger partial charge on any atom is -0.375 e. The van der Waals surface area contributed by atoms with Crippen LogP contribution in [0, 0.1) is 25.6 Å². The molecule has 3 N–H and O–H groups in total. The standard InChI is InChI=1S/C22H22FN5O3S/c1-10-17(11(2)31-27-10)20(29)25-9-15-7-13-8-16(13)28(15)21(30)18-19(32-22(24)26-18)12-4-3-5-14(23)6-12/h3-6,13,15-16H,7-9H2,1-2H3,(H2,24,26)(H,25,29)/t13?,15-,16?/m0/s1. The van der Waals surface area contributed by atoms with E-state index in [1.54, 1.807) is 26.0 Å². The van der Waals surface area contributed by atoms with Crippen molar-refractivity contribution in [3.63, 3.8) is 0 Å². The molecular weight excluding hydrogens is 433 g/mol. The van der Waals surface area contributed by atoms with Gasteiger partial charge in [-0.15, -0.1) is 0 Å². The first-order valence-corrected chi connectivity index (χ1v) is 11.2. The number of benzene rings is 1. The third kappa shape index (κ3) is 3.54. The Balaban J connectivity index is 1.37. The summed E-state index contributed by atoms with van der Waals surface area (Å²) in [5.41, 5.74) is 7.67. The van der Waals surface area contributed by atoms with E-state index in [0.29, 0.717) is 39.9 Å². The number of fused-ring (bicyclic) bond motifs is 1. The van der Waals surface area contributed by atoms with Crippen LogP contribution in [0.5, 0.6) is 0 Å². The number of carbonyl (C=O) groups excluding carboxylic acids is 2. The van der Waals surface area contributed by atoms with Crippen LogP contribution in [0.2, 0.25) is 0 Å². The topological polar surface area (TPSA) is 114 Å². The molecule has 2 aromatic heterocycles. The molecule has 2 fully saturated rings. The molecule has 8 nitrogen and oxygen atoms in total. The van der Waals surface area contributed by atoms with E-state index in [1.807, 2.05) is 4.90 Å². The minimum absolute atomic E-state index is 0.131. The summed E-state index contributed by atoms with van der Waals surface area (Å²) in [7, 11) is 0. The van der Waals surface area contributed by atoms with Crippen LogP contribution >= 0.6 is 11.3 Å². The zero-order valence-electron chi connectivity index (χ0n) is 17.6. The molecule has 2 amide bonds. The molecule has 1 aromatic carbocycles. The van der Waals surface area contributed by atoms with Crippen LogP contribution < -0.4 is 11.1 Å². The summed E-state index contributed by atoms with van der Waals surface area (Å²) in [6, 6.07) is 6.02. The van der Waals surface area contributed by atoms with Crippen molar-refractivity contribution in [3.8, 4) is 10.4 Å². The van der Waals surface area contributed by atoms with Crippen molar-refractivity contribution in [2.24, 2.45) is 5.92 Å². The van der Waals surface area contributed by atoms with E-state index < -0.39 is 5.82 Å². The monoisotopic (exact) mass is 455 g/mol. The van der Waals surface area contributed by atoms with Gasteiger partial charge in [-0.2, -0.15) is 0 Å². The molecule has 3 atom stereocenters. The maximum atomic E-state index is 13.8. The number of rotatable bonds is 5. The summed E-state index contributed by atoms with van der Waals surface area (Å²) >= 11 is 1.16. The highest BCUT2D eigenvalue weighted by Crippen LogP contribution is 2.49. The van der Waals surface area contributed by atoms with Crippen LogP contribution in [-0.2, 0) is 0 Å². The number of carbonyl (C=O) groups is 2. The van der Waals surface area contributed by atoms with E-state index in [0.717, 1.165) is 24.2 Å². The Morgan fingerprint density at radius 2 is 2.16 bits per heavy atom. The third-order valence-electron chi connectivity index (χ3n) is 6.14. The summed E-state index contributed by atoms with van der Waals surface area (Å²) in [6.45, 7) is 3.72. The van der Waals surface area contributed by atoms with Gasteiger partial charge >= 0.3 is 0 Å². The van der Waals surface area contributed by atoms with Gasteiger partial charge < -0.3 is 20.5 Å². The van der Waals surface area contributed by atoms with E-state index in [1.165, 1.54) is 12.1 Å². The first kappa shape index (κ1) is 20.6. The predicted octanol–water partition coefficient (Wildman–Crippen LogP) is 3.17. The number of aromatic nitrogens is 2. The SMILES string of the molecule is Cc1noc(C)c1C(=O)NC[C@@H]1CC2CC2N1C(=O)c1nc(N)sc1-c1cccc(F)c1. The molecule has 3 aromatic rings. The van der Waals surface area contributed by atoms with Gasteiger partial charge in [-0.25, -0.2) is 9.37 Å². The van der Waals surface area contributed by atoms with Gasteiger partial charge in [-0.1, -0.05) is 28.6 Å². The number of nitrogens with two attached hydrogens (primary N) is 1. The number of nitrogens with one attached hydrogen (secondary N) is 1. The molecule has 10 heteroatoms. The third-order valence-corrected chi connectivity index (χ3v) is 7.07. The Morgan fingerprint density at radius 1 is 1.34 bits per heavy atom. The van der Waals surface area contributed by atoms with E-state index >= 15 is 0 Å². The van der Waals surface area contributed by atoms with Crippen LogP contribution in [0.15, 0.2) is 28.8 Å². The van der Waals surface area contributed by atoms with Crippen molar-refractivity contribution < 1.29 is 18.5 Å². The largest absolute Gasteiger partial charge is 0.375 e. The van der Waals surface area contributed by atoms with Gasteiger partial charge in [0, 0.05) is 12.6 Å². The van der Waals surface area contributed by atoms with Crippen molar-refractivity contribution >= 4 is 28.3 Å². The summed E-state index contributed by atoms with van der Waals surface area (Å²) in [5.74, 6) is -0.0176. The number of aryl methyl sites for hydroxylation is 2. The van der Waals surface area contributed by atoms with Gasteiger partial charge in [0.05, 0.1) is 16.6 Å². The lowest BCUT2D eigenvalue weighted by Gasteiger charge is -2.27. The Morgan fingerprint density at radius 3 is 2.88 bits per heavy atom. The molecule has 2 aliphatic rings. The average Bonchev–Trinajstić information content (AvgIpc) is 3.07. The fourth-order valence-corrected chi connectivity index (χ4v) is 5.41. The van der Waals surface area contributed by atoms with Gasteiger partial charge in [0.15, 0.2) is 5.13 Å². The molecule has 1 aliphatic heterocycles. The quantitative estimate of drug-likeness (QED) is 0.611. The maximum absolute atomic E-state index is 13.8. The number of nitrogens with zero attached hydrogens (tertiary/aromatic N) is 3. The normalized spacial score (nSPS) is 21.5. The summed E-state index contributed by atoms with van der Waals surface area (Å²) in [4.78, 5) is 32.8. The molecular formula is C22H22FN5O3S. The number of thiazole rings is 1. The lowest BCUT2D eigenvalue weighted by atomic mass is 10.1. The maximum Gasteiger partial charge on any atom is 0.274 e. The first-order valence-electron chi connectivity index (χ1n) is 10.4. The second kappa shape index (κ2) is 7.70. The van der Waals surface area contributed by atoms with Crippen molar-refractivity contribution in [1.82, 2.24) is 20.4 Å². The molecule has 1 aliphatic carbocycles. The lowest BCUT2D eigenvalue weighted by Crippen LogP contribution is -2.45. The molecule has 0 bridgehead atoms. The fourth-order valence-electron chi connectivity index (χ4n) is 4.59. The van der Waals surface area contributed by atoms with Gasteiger partial charge in [0.2, 0.25) is 0 Å². The summed E-state index contributed by atoms with van der Waals surface area (Å²) in [5, 5.41) is 6.99. The Bertz CT molecular complexity index is 1200. The van der Waals surface area contributed by atoms with Gasteiger partial charge in [-0.05, 0) is 50.3 Å². The summed E-state index contributed by atoms with van der Waals surface area (Å²) in [6.07, 6.45) is 1.75. The van der Waals surface area contributed by atoms with Crippen molar-refractivity contribution in [1.29, 1.82) is 0 Å². The molecule has 2 unspecified atom stereocenters. The lowest BCUT2D eigenvalue weighted by molar-refractivity contribution is 0.0684. The smallest absolute Gasteiger partial charge is 0.274 e. The van der Waals surface area contributed by atoms with Crippen molar-refractivity contribution in [2.75, 3.05) is 12.3 Å². The molecule has 5 rings (SSSR count). The zero-order chi connectivity index (χ0) is 22.6. The van der Waals surface area contributed by atoms with E-state index in [2.05, 4.69) is 15.5 Å². The second-order valence-electron chi connectivity index (χ2n) is 8.31. The zero-order valence-corrected chi connectivity index (χ0v) is 18.4. The van der Waals surface area contributed by atoms with Gasteiger partial charge in [-0.3, -0.25) is 9.59 Å². The number of hydrogen-bond acceptors (Lipinski definition) is 7. The van der Waals surface area contributed by atoms with E-state index in [-0.39, 0.29) is 34.7 Å². The number of anilines is 1. The second-order valence-corrected chi connectivity index (χ2v) is 9.35. The molecule has 3 heterocycles. The number of nitrogen functional groups attached to an aromatic ring is 1. The number of amides is 2. The molecule has 0 spiro atoms. The number of halogens is 1. The first-order chi connectivity index (χ1) is 15.3. The van der Waals surface area contributed by atoms with Crippen LogP contribution in [0.4, 0.5) is 9.52 Å². The minimum atomic E-state index is -0.392. The number of hydrogen-bond donors (Lipinski definition) is 2. The molecule has 166 valence electrons. The fraction of sp³-hybridized carbons (Fsp3) is 0.364. The average molecular weight is 456 g/mol. The molecule has 0 radical (unpaired) electrons. The van der Waals surface area contributed by atoms with Crippen LogP contribution in [0.1, 0.15) is 45.1 Å². The highest BCUT2D eigenvalue weighted by Gasteiger charge is 2.54. The van der Waals surface area contributed by atoms with Gasteiger partial charge in [0.25, 0.3) is 11.8 Å². The van der Waals surface area contributed by atoms with E-state index in [4.69, 9.17) is 10.3 Å². The predicted molar refractivity (Wildman–Crippen MR) is 117 cm³/mol. The van der Waals surface area contributed by atoms with Crippen LogP contribution in [0.3, 0.4) is 0 Å². The van der Waals surface area contributed by atoms with E-state index in [9.17, 15) is 14.0 Å². The van der Waals surface area contributed by atoms with Crippen molar-refractivity contribution in [3.05, 3.63) is 52.8 Å². The Labute approximate surface area is 187 Å². The van der Waals surface area contributed by atoms with Gasteiger partial charge in [0.1, 0.15) is 22.8 Å². The van der Waals surface area contributed by atoms with Crippen LogP contribution in [-0.4, -0.2) is 45.5 Å². The summed E-state index contributed by atoms with van der Waals surface area (Å²) < 4.78 is 18.9. The molecule has 32 heavy (non-hydrogen) atoms. The Kier molecular flexibility index (Phi) is 4.96. The Hall–Kier alpha value is -3.27. The van der Waals surface area contributed by atoms with Crippen LogP contribution in [0.25, 0.3) is 10.4 Å². The highest BCUT2D eigenvalue weighted by molar-refractivity contribution is 7.19. The number of piperidine rings is 1.